The Morgan fingerprint density at radius 1 is 1.42 bits per heavy atom. The van der Waals surface area contributed by atoms with Crippen LogP contribution in [-0.2, 0) is 0 Å². The predicted molar refractivity (Wildman–Crippen MR) is 74.2 cm³/mol. The molecule has 4 nitrogen and oxygen atoms in total. The maximum absolute atomic E-state index is 12.3. The average Bonchev–Trinajstić information content (AvgIpc) is 2.89. The zero-order valence-electron chi connectivity index (χ0n) is 11.0. The molecule has 1 aromatic rings. The smallest absolute Gasteiger partial charge is 0.273 e. The summed E-state index contributed by atoms with van der Waals surface area (Å²) < 4.78 is 0. The SMILES string of the molecule is O=C(c1cscn1)N1CCC2(CN(CC3CC3)C2)C1. The first kappa shape index (κ1) is 11.9. The summed E-state index contributed by atoms with van der Waals surface area (Å²) in [5, 5.41) is 1.85. The van der Waals surface area contributed by atoms with E-state index in [2.05, 4.69) is 9.88 Å². The Bertz CT molecular complexity index is 477. The molecule has 1 aromatic heterocycles. The number of amides is 1. The Morgan fingerprint density at radius 2 is 2.26 bits per heavy atom. The molecule has 3 aliphatic rings. The van der Waals surface area contributed by atoms with Gasteiger partial charge in [-0.25, -0.2) is 4.98 Å². The summed E-state index contributed by atoms with van der Waals surface area (Å²) >= 11 is 1.49. The Labute approximate surface area is 117 Å². The lowest BCUT2D eigenvalue weighted by Gasteiger charge is -2.48. The summed E-state index contributed by atoms with van der Waals surface area (Å²) in [4.78, 5) is 21.0. The molecule has 4 rings (SSSR count). The number of hydrogen-bond acceptors (Lipinski definition) is 4. The van der Waals surface area contributed by atoms with E-state index in [4.69, 9.17) is 0 Å². The van der Waals surface area contributed by atoms with Crippen molar-refractivity contribution in [1.82, 2.24) is 14.8 Å². The summed E-state index contributed by atoms with van der Waals surface area (Å²) in [6.07, 6.45) is 4.03. The highest BCUT2D eigenvalue weighted by atomic mass is 32.1. The highest BCUT2D eigenvalue weighted by Gasteiger charge is 2.49. The standard InChI is InChI=1S/C14H19N3OS/c18-13(12-6-19-10-15-12)17-4-3-14(9-17)7-16(8-14)5-11-1-2-11/h6,10-11H,1-5,7-9H2. The lowest BCUT2D eigenvalue weighted by Crippen LogP contribution is -2.58. The van der Waals surface area contributed by atoms with Gasteiger partial charge >= 0.3 is 0 Å². The van der Waals surface area contributed by atoms with Crippen LogP contribution in [0.25, 0.3) is 0 Å². The van der Waals surface area contributed by atoms with Crippen molar-refractivity contribution in [3.8, 4) is 0 Å². The Kier molecular flexibility index (Phi) is 2.67. The molecule has 3 heterocycles. The predicted octanol–water partition coefficient (Wildman–Crippen LogP) is 1.70. The van der Waals surface area contributed by atoms with Crippen LogP contribution >= 0.6 is 11.3 Å². The molecular weight excluding hydrogens is 258 g/mol. The molecule has 0 N–H and O–H groups in total. The molecule has 0 aromatic carbocycles. The van der Waals surface area contributed by atoms with Crippen LogP contribution < -0.4 is 0 Å². The molecule has 1 amide bonds. The van der Waals surface area contributed by atoms with E-state index >= 15 is 0 Å². The number of aromatic nitrogens is 1. The van der Waals surface area contributed by atoms with Crippen molar-refractivity contribution in [2.75, 3.05) is 32.7 Å². The molecule has 1 saturated carbocycles. The van der Waals surface area contributed by atoms with Crippen LogP contribution in [0.4, 0.5) is 0 Å². The Morgan fingerprint density at radius 3 is 2.95 bits per heavy atom. The normalized spacial score (nSPS) is 25.8. The van der Waals surface area contributed by atoms with E-state index in [1.54, 1.807) is 5.51 Å². The van der Waals surface area contributed by atoms with Gasteiger partial charge in [0, 0.05) is 43.5 Å². The first-order valence-electron chi connectivity index (χ1n) is 7.14. The number of likely N-dealkylation sites (tertiary alicyclic amines) is 2. The number of hydrogen-bond donors (Lipinski definition) is 0. The summed E-state index contributed by atoms with van der Waals surface area (Å²) in [6.45, 7) is 5.54. The van der Waals surface area contributed by atoms with Crippen molar-refractivity contribution >= 4 is 17.2 Å². The van der Waals surface area contributed by atoms with E-state index in [1.807, 2.05) is 10.3 Å². The number of carbonyl (C=O) groups is 1. The summed E-state index contributed by atoms with van der Waals surface area (Å²) in [6, 6.07) is 0. The van der Waals surface area contributed by atoms with Crippen molar-refractivity contribution in [3.05, 3.63) is 16.6 Å². The van der Waals surface area contributed by atoms with Crippen molar-refractivity contribution < 1.29 is 4.79 Å². The van der Waals surface area contributed by atoms with Crippen molar-refractivity contribution in [3.63, 3.8) is 0 Å². The lowest BCUT2D eigenvalue weighted by molar-refractivity contribution is 0.00560. The van der Waals surface area contributed by atoms with Crippen LogP contribution in [-0.4, -0.2) is 53.4 Å². The molecule has 2 saturated heterocycles. The zero-order valence-corrected chi connectivity index (χ0v) is 11.9. The van der Waals surface area contributed by atoms with Gasteiger partial charge in [-0.05, 0) is 25.2 Å². The minimum atomic E-state index is 0.124. The Hall–Kier alpha value is -0.940. The number of carbonyl (C=O) groups excluding carboxylic acids is 1. The van der Waals surface area contributed by atoms with Gasteiger partial charge in [-0.15, -0.1) is 11.3 Å². The maximum Gasteiger partial charge on any atom is 0.273 e. The fraction of sp³-hybridized carbons (Fsp3) is 0.714. The molecule has 0 atom stereocenters. The van der Waals surface area contributed by atoms with Crippen LogP contribution in [0.2, 0.25) is 0 Å². The van der Waals surface area contributed by atoms with E-state index in [9.17, 15) is 4.79 Å². The molecule has 1 aliphatic carbocycles. The summed E-state index contributed by atoms with van der Waals surface area (Å²) in [5.74, 6) is 1.10. The molecule has 0 unspecified atom stereocenters. The fourth-order valence-corrected chi connectivity index (χ4v) is 4.07. The van der Waals surface area contributed by atoms with Gasteiger partial charge in [0.05, 0.1) is 5.51 Å². The molecular formula is C14H19N3OS. The average molecular weight is 277 g/mol. The quantitative estimate of drug-likeness (QED) is 0.844. The molecule has 2 aliphatic heterocycles. The minimum absolute atomic E-state index is 0.124. The van der Waals surface area contributed by atoms with Gasteiger partial charge in [0.1, 0.15) is 5.69 Å². The lowest BCUT2D eigenvalue weighted by atomic mass is 9.79. The molecule has 19 heavy (non-hydrogen) atoms. The minimum Gasteiger partial charge on any atom is -0.337 e. The van der Waals surface area contributed by atoms with Crippen molar-refractivity contribution in [1.29, 1.82) is 0 Å². The topological polar surface area (TPSA) is 36.4 Å². The van der Waals surface area contributed by atoms with Crippen LogP contribution in [0.1, 0.15) is 29.8 Å². The molecule has 0 bridgehead atoms. The van der Waals surface area contributed by atoms with Gasteiger partial charge < -0.3 is 9.80 Å². The maximum atomic E-state index is 12.3. The third-order valence-electron chi connectivity index (χ3n) is 4.71. The monoisotopic (exact) mass is 277 g/mol. The van der Waals surface area contributed by atoms with Crippen LogP contribution in [0, 0.1) is 11.3 Å². The largest absolute Gasteiger partial charge is 0.337 e. The van der Waals surface area contributed by atoms with Crippen LogP contribution in [0.15, 0.2) is 10.9 Å². The second-order valence-electron chi connectivity index (χ2n) is 6.46. The van der Waals surface area contributed by atoms with Gasteiger partial charge in [-0.3, -0.25) is 4.79 Å². The Balaban J connectivity index is 1.34. The van der Waals surface area contributed by atoms with Crippen molar-refractivity contribution in [2.24, 2.45) is 11.3 Å². The van der Waals surface area contributed by atoms with E-state index in [-0.39, 0.29) is 5.91 Å². The number of thiazole rings is 1. The molecule has 5 heteroatoms. The van der Waals surface area contributed by atoms with Gasteiger partial charge in [0.15, 0.2) is 0 Å². The van der Waals surface area contributed by atoms with Crippen molar-refractivity contribution in [2.45, 2.75) is 19.3 Å². The summed E-state index contributed by atoms with van der Waals surface area (Å²) in [7, 11) is 0. The second kappa shape index (κ2) is 4.28. The molecule has 1 spiro atoms. The van der Waals surface area contributed by atoms with Gasteiger partial charge in [0.2, 0.25) is 0 Å². The first-order valence-corrected chi connectivity index (χ1v) is 8.08. The second-order valence-corrected chi connectivity index (χ2v) is 7.18. The van der Waals surface area contributed by atoms with Gasteiger partial charge in [-0.2, -0.15) is 0 Å². The van der Waals surface area contributed by atoms with Crippen LogP contribution in [0.5, 0.6) is 0 Å². The first-order chi connectivity index (χ1) is 9.24. The number of nitrogens with zero attached hydrogens (tertiary/aromatic N) is 3. The van der Waals surface area contributed by atoms with Gasteiger partial charge in [-0.1, -0.05) is 0 Å². The van der Waals surface area contributed by atoms with E-state index in [0.29, 0.717) is 11.1 Å². The molecule has 102 valence electrons. The third kappa shape index (κ3) is 2.19. The van der Waals surface area contributed by atoms with Gasteiger partial charge in [0.25, 0.3) is 5.91 Å². The molecule has 0 radical (unpaired) electrons. The van der Waals surface area contributed by atoms with E-state index in [1.165, 1.54) is 50.2 Å². The van der Waals surface area contributed by atoms with E-state index < -0.39 is 0 Å². The summed E-state index contributed by atoms with van der Waals surface area (Å²) in [5.41, 5.74) is 2.76. The number of rotatable bonds is 3. The zero-order chi connectivity index (χ0) is 12.9. The highest BCUT2D eigenvalue weighted by Crippen LogP contribution is 2.42. The highest BCUT2D eigenvalue weighted by molar-refractivity contribution is 7.07. The third-order valence-corrected chi connectivity index (χ3v) is 5.29. The van der Waals surface area contributed by atoms with E-state index in [0.717, 1.165) is 19.0 Å². The van der Waals surface area contributed by atoms with Crippen LogP contribution in [0.3, 0.4) is 0 Å². The molecule has 3 fully saturated rings. The fourth-order valence-electron chi connectivity index (χ4n) is 3.54.